The minimum absolute atomic E-state index is 0.0689. The lowest BCUT2D eigenvalue weighted by Gasteiger charge is -2.25. The first-order valence-electron chi connectivity index (χ1n) is 9.07. The van der Waals surface area contributed by atoms with E-state index < -0.39 is 0 Å². The van der Waals surface area contributed by atoms with Crippen molar-refractivity contribution in [3.63, 3.8) is 0 Å². The molecule has 1 aliphatic heterocycles. The molecule has 2 N–H and O–H groups in total. The number of fused-ring (bicyclic) bond motifs is 1. The van der Waals surface area contributed by atoms with Crippen LogP contribution in [0, 0.1) is 0 Å². The van der Waals surface area contributed by atoms with Crippen LogP contribution in [0.25, 0.3) is 0 Å². The summed E-state index contributed by atoms with van der Waals surface area (Å²) in [6.07, 6.45) is 3.19. The number of ether oxygens (including phenoxy) is 1. The Labute approximate surface area is 152 Å². The Hall–Kier alpha value is -2.60. The zero-order valence-electron chi connectivity index (χ0n) is 15.0. The molecular weight excluding hydrogens is 332 g/mol. The summed E-state index contributed by atoms with van der Waals surface area (Å²) in [6.45, 7) is 4.97. The lowest BCUT2D eigenvalue weighted by atomic mass is 10.00. The van der Waals surface area contributed by atoms with Crippen LogP contribution >= 0.6 is 0 Å². The summed E-state index contributed by atoms with van der Waals surface area (Å²) in [5, 5.41) is 2.70. The molecule has 0 bridgehead atoms. The monoisotopic (exact) mass is 357 g/mol. The lowest BCUT2D eigenvalue weighted by molar-refractivity contribution is -0.930. The van der Waals surface area contributed by atoms with Crippen molar-refractivity contribution in [2.75, 3.05) is 19.7 Å². The summed E-state index contributed by atoms with van der Waals surface area (Å²) in [5.41, 5.74) is 2.50. The molecule has 3 rings (SSSR count). The molecule has 0 radical (unpaired) electrons. The summed E-state index contributed by atoms with van der Waals surface area (Å²) in [7, 11) is 0. The third-order valence-corrected chi connectivity index (χ3v) is 4.51. The van der Waals surface area contributed by atoms with E-state index in [0.717, 1.165) is 25.9 Å². The van der Waals surface area contributed by atoms with Crippen LogP contribution in [-0.4, -0.2) is 25.6 Å². The van der Waals surface area contributed by atoms with Crippen molar-refractivity contribution >= 4 is 5.91 Å². The largest absolute Gasteiger partial charge is 0.477 e. The number of quaternary nitrogens is 1. The summed E-state index contributed by atoms with van der Waals surface area (Å²) in [6, 6.07) is 9.93. The molecule has 0 fully saturated rings. The Kier molecular flexibility index (Phi) is 6.07. The molecule has 1 aliphatic rings. The Morgan fingerprint density at radius 1 is 1.31 bits per heavy atom. The number of carbonyl (C=O) groups is 1. The van der Waals surface area contributed by atoms with Gasteiger partial charge in [0.1, 0.15) is 19.4 Å². The molecule has 1 aromatic heterocycles. The molecule has 6 nitrogen and oxygen atoms in total. The normalized spacial score (nSPS) is 16.0. The number of rotatable bonds is 7. The van der Waals surface area contributed by atoms with Gasteiger partial charge in [0.05, 0.1) is 6.54 Å². The van der Waals surface area contributed by atoms with Gasteiger partial charge in [0.15, 0.2) is 12.4 Å². The summed E-state index contributed by atoms with van der Waals surface area (Å²) in [4.78, 5) is 25.1. The number of hydrogen-bond acceptors (Lipinski definition) is 4. The fraction of sp³-hybridized carbons (Fsp3) is 0.400. The van der Waals surface area contributed by atoms with E-state index in [-0.39, 0.29) is 23.7 Å². The third-order valence-electron chi connectivity index (χ3n) is 4.51. The minimum Gasteiger partial charge on any atom is -0.477 e. The highest BCUT2D eigenvalue weighted by atomic mass is 16.5. The minimum atomic E-state index is -0.258. The van der Waals surface area contributed by atoms with Gasteiger partial charge in [-0.15, -0.1) is 0 Å². The van der Waals surface area contributed by atoms with Crippen molar-refractivity contribution in [2.24, 2.45) is 0 Å². The first kappa shape index (κ1) is 18.2. The molecule has 1 atom stereocenters. The summed E-state index contributed by atoms with van der Waals surface area (Å²) >= 11 is 0. The smallest absolute Gasteiger partial charge is 0.257 e. The van der Waals surface area contributed by atoms with Gasteiger partial charge in [-0.2, -0.15) is 0 Å². The van der Waals surface area contributed by atoms with E-state index in [4.69, 9.17) is 9.15 Å². The Balaban J connectivity index is 1.56. The molecule has 1 unspecified atom stereocenters. The van der Waals surface area contributed by atoms with Gasteiger partial charge in [-0.3, -0.25) is 9.59 Å². The molecule has 138 valence electrons. The fourth-order valence-electron chi connectivity index (χ4n) is 3.14. The number of amides is 1. The Morgan fingerprint density at radius 3 is 2.88 bits per heavy atom. The average molecular weight is 357 g/mol. The van der Waals surface area contributed by atoms with E-state index in [1.165, 1.54) is 28.4 Å². The SMILES string of the molecule is CCCNC(=O)COc1coc(C[NH+]2CCc3ccccc3C2)cc1=O. The van der Waals surface area contributed by atoms with Gasteiger partial charge in [-0.05, 0) is 12.0 Å². The van der Waals surface area contributed by atoms with Gasteiger partial charge >= 0.3 is 0 Å². The van der Waals surface area contributed by atoms with E-state index in [0.29, 0.717) is 18.8 Å². The van der Waals surface area contributed by atoms with E-state index in [1.807, 2.05) is 6.92 Å². The van der Waals surface area contributed by atoms with Crippen LogP contribution in [0.5, 0.6) is 5.75 Å². The highest BCUT2D eigenvalue weighted by molar-refractivity contribution is 5.77. The van der Waals surface area contributed by atoms with Crippen molar-refractivity contribution in [3.05, 3.63) is 63.7 Å². The average Bonchev–Trinajstić information content (AvgIpc) is 2.65. The maximum Gasteiger partial charge on any atom is 0.257 e. The topological polar surface area (TPSA) is 73.0 Å². The molecule has 1 aromatic carbocycles. The fourth-order valence-corrected chi connectivity index (χ4v) is 3.14. The third kappa shape index (κ3) is 4.73. The molecular formula is C20H25N2O4+. The first-order valence-corrected chi connectivity index (χ1v) is 9.07. The molecule has 0 saturated heterocycles. The van der Waals surface area contributed by atoms with E-state index in [1.54, 1.807) is 0 Å². The zero-order chi connectivity index (χ0) is 18.4. The van der Waals surface area contributed by atoms with Gasteiger partial charge in [0.2, 0.25) is 11.2 Å². The number of nitrogens with one attached hydrogen (secondary N) is 2. The zero-order valence-corrected chi connectivity index (χ0v) is 15.0. The summed E-state index contributed by atoms with van der Waals surface area (Å²) < 4.78 is 10.8. The molecule has 0 aliphatic carbocycles. The van der Waals surface area contributed by atoms with Crippen LogP contribution < -0.4 is 20.4 Å². The maximum atomic E-state index is 12.2. The van der Waals surface area contributed by atoms with Gasteiger partial charge in [0, 0.05) is 24.6 Å². The lowest BCUT2D eigenvalue weighted by Crippen LogP contribution is -3.10. The first-order chi connectivity index (χ1) is 12.7. The highest BCUT2D eigenvalue weighted by Gasteiger charge is 2.20. The second kappa shape index (κ2) is 8.67. The van der Waals surface area contributed by atoms with Crippen molar-refractivity contribution in [1.82, 2.24) is 5.32 Å². The summed E-state index contributed by atoms with van der Waals surface area (Å²) in [5.74, 6) is 0.457. The second-order valence-corrected chi connectivity index (χ2v) is 6.59. The molecule has 0 saturated carbocycles. The quantitative estimate of drug-likeness (QED) is 0.765. The molecule has 26 heavy (non-hydrogen) atoms. The van der Waals surface area contributed by atoms with Crippen molar-refractivity contribution in [1.29, 1.82) is 0 Å². The van der Waals surface area contributed by atoms with Crippen LogP contribution in [0.3, 0.4) is 0 Å². The van der Waals surface area contributed by atoms with Crippen molar-refractivity contribution < 1.29 is 18.8 Å². The van der Waals surface area contributed by atoms with Gasteiger partial charge < -0.3 is 19.4 Å². The Bertz CT molecular complexity index is 815. The van der Waals surface area contributed by atoms with Gasteiger partial charge in [-0.25, -0.2) is 0 Å². The van der Waals surface area contributed by atoms with E-state index in [2.05, 4.69) is 29.6 Å². The van der Waals surface area contributed by atoms with Gasteiger partial charge in [-0.1, -0.05) is 31.2 Å². The van der Waals surface area contributed by atoms with E-state index >= 15 is 0 Å². The van der Waals surface area contributed by atoms with Crippen LogP contribution in [-0.2, 0) is 24.3 Å². The number of carbonyl (C=O) groups excluding carboxylic acids is 1. The Morgan fingerprint density at radius 2 is 2.12 bits per heavy atom. The van der Waals surface area contributed by atoms with Crippen molar-refractivity contribution in [2.45, 2.75) is 32.9 Å². The number of hydrogen-bond donors (Lipinski definition) is 2. The molecule has 2 heterocycles. The van der Waals surface area contributed by atoms with Crippen molar-refractivity contribution in [3.8, 4) is 5.75 Å². The maximum absolute atomic E-state index is 12.2. The standard InChI is InChI=1S/C20H24N2O4/c1-2-8-21-20(24)14-26-19-13-25-17(10-18(19)23)12-22-9-7-15-5-3-4-6-16(15)11-22/h3-6,10,13H,2,7-9,11-12,14H2,1H3,(H,21,24)/p+1. The van der Waals surface area contributed by atoms with Crippen LogP contribution in [0.15, 0.2) is 45.8 Å². The predicted octanol–water partition coefficient (Wildman–Crippen LogP) is 0.686. The van der Waals surface area contributed by atoms with Crippen LogP contribution in [0.2, 0.25) is 0 Å². The molecule has 1 amide bonds. The van der Waals surface area contributed by atoms with Crippen LogP contribution in [0.1, 0.15) is 30.2 Å². The highest BCUT2D eigenvalue weighted by Crippen LogP contribution is 2.11. The molecule has 6 heteroatoms. The van der Waals surface area contributed by atoms with Crippen LogP contribution in [0.4, 0.5) is 0 Å². The van der Waals surface area contributed by atoms with E-state index in [9.17, 15) is 9.59 Å². The predicted molar refractivity (Wildman–Crippen MR) is 97.2 cm³/mol. The second-order valence-electron chi connectivity index (χ2n) is 6.59. The molecule has 0 spiro atoms. The number of benzene rings is 1. The van der Waals surface area contributed by atoms with Gasteiger partial charge in [0.25, 0.3) is 5.91 Å². The molecule has 2 aromatic rings.